The maximum absolute atomic E-state index is 3.54. The van der Waals surface area contributed by atoms with Crippen molar-refractivity contribution >= 4 is 39.0 Å². The Morgan fingerprint density at radius 3 is 2.50 bits per heavy atom. The van der Waals surface area contributed by atoms with Gasteiger partial charge in [0.1, 0.15) is 0 Å². The number of hydrogen-bond donors (Lipinski definition) is 1. The number of para-hydroxylation sites is 1. The molecule has 3 aromatic rings. The largest absolute Gasteiger partial charge is 0.355 e. The zero-order valence-electron chi connectivity index (χ0n) is 9.73. The molecule has 2 heteroatoms. The Balaban J connectivity index is 1.95. The van der Waals surface area contributed by atoms with Crippen LogP contribution in [-0.4, -0.2) is 4.98 Å². The van der Waals surface area contributed by atoms with Crippen molar-refractivity contribution in [3.05, 3.63) is 70.3 Å². The van der Waals surface area contributed by atoms with Gasteiger partial charge in [-0.15, -0.1) is 0 Å². The SMILES string of the molecule is Brc1ccccc1/C=C/c1cc2ccccc2[nH]1. The summed E-state index contributed by atoms with van der Waals surface area (Å²) in [6.07, 6.45) is 4.20. The van der Waals surface area contributed by atoms with E-state index in [9.17, 15) is 0 Å². The molecular formula is C16H12BrN. The highest BCUT2D eigenvalue weighted by Gasteiger charge is 1.97. The van der Waals surface area contributed by atoms with E-state index in [1.807, 2.05) is 24.3 Å². The van der Waals surface area contributed by atoms with Gasteiger partial charge in [-0.3, -0.25) is 0 Å². The molecule has 2 aromatic carbocycles. The molecule has 0 aliphatic heterocycles. The summed E-state index contributed by atoms with van der Waals surface area (Å²) in [5.41, 5.74) is 3.47. The van der Waals surface area contributed by atoms with Gasteiger partial charge in [0.05, 0.1) is 0 Å². The molecule has 1 nitrogen and oxygen atoms in total. The molecular weight excluding hydrogens is 286 g/mol. The van der Waals surface area contributed by atoms with E-state index in [0.717, 1.165) is 10.2 Å². The Morgan fingerprint density at radius 1 is 0.889 bits per heavy atom. The van der Waals surface area contributed by atoms with E-state index in [0.29, 0.717) is 0 Å². The zero-order valence-corrected chi connectivity index (χ0v) is 11.3. The number of nitrogens with one attached hydrogen (secondary N) is 1. The Kier molecular flexibility index (Phi) is 3.03. The van der Waals surface area contributed by atoms with Crippen molar-refractivity contribution in [2.24, 2.45) is 0 Å². The summed E-state index contributed by atoms with van der Waals surface area (Å²) >= 11 is 3.54. The van der Waals surface area contributed by atoms with Crippen LogP contribution in [0, 0.1) is 0 Å². The number of rotatable bonds is 2. The maximum atomic E-state index is 3.54. The van der Waals surface area contributed by atoms with Gasteiger partial charge < -0.3 is 4.98 Å². The van der Waals surface area contributed by atoms with E-state index < -0.39 is 0 Å². The standard InChI is InChI=1S/C16H12BrN/c17-15-7-3-1-5-12(15)9-10-14-11-13-6-2-4-8-16(13)18-14/h1-11,18H/b10-9+. The topological polar surface area (TPSA) is 15.8 Å². The molecule has 0 spiro atoms. The number of fused-ring (bicyclic) bond motifs is 1. The summed E-state index contributed by atoms with van der Waals surface area (Å²) in [6.45, 7) is 0. The predicted octanol–water partition coefficient (Wildman–Crippen LogP) is 5.10. The van der Waals surface area contributed by atoms with E-state index in [1.54, 1.807) is 0 Å². The van der Waals surface area contributed by atoms with Gasteiger partial charge in [-0.25, -0.2) is 0 Å². The molecule has 0 saturated heterocycles. The fourth-order valence-corrected chi connectivity index (χ4v) is 2.39. The first kappa shape index (κ1) is 11.3. The van der Waals surface area contributed by atoms with Gasteiger partial charge in [0.25, 0.3) is 0 Å². The third kappa shape index (κ3) is 2.24. The molecule has 0 aliphatic rings. The molecule has 1 N–H and O–H groups in total. The number of benzene rings is 2. The number of aromatic nitrogens is 1. The van der Waals surface area contributed by atoms with Crippen LogP contribution in [0.4, 0.5) is 0 Å². The van der Waals surface area contributed by atoms with Crippen LogP contribution in [0.3, 0.4) is 0 Å². The lowest BCUT2D eigenvalue weighted by Gasteiger charge is -1.95. The molecule has 1 aromatic heterocycles. The molecule has 0 fully saturated rings. The highest BCUT2D eigenvalue weighted by molar-refractivity contribution is 9.10. The summed E-state index contributed by atoms with van der Waals surface area (Å²) in [6, 6.07) is 18.6. The monoisotopic (exact) mass is 297 g/mol. The Morgan fingerprint density at radius 2 is 1.67 bits per heavy atom. The van der Waals surface area contributed by atoms with Crippen LogP contribution < -0.4 is 0 Å². The van der Waals surface area contributed by atoms with Crippen molar-refractivity contribution < 1.29 is 0 Å². The summed E-state index contributed by atoms with van der Waals surface area (Å²) in [5.74, 6) is 0. The summed E-state index contributed by atoms with van der Waals surface area (Å²) in [7, 11) is 0. The molecule has 3 rings (SSSR count). The quantitative estimate of drug-likeness (QED) is 0.677. The van der Waals surface area contributed by atoms with Crippen LogP contribution in [0.5, 0.6) is 0 Å². The van der Waals surface area contributed by atoms with Gasteiger partial charge in [-0.2, -0.15) is 0 Å². The van der Waals surface area contributed by atoms with Crippen molar-refractivity contribution in [2.45, 2.75) is 0 Å². The molecule has 18 heavy (non-hydrogen) atoms. The van der Waals surface area contributed by atoms with E-state index in [-0.39, 0.29) is 0 Å². The van der Waals surface area contributed by atoms with Gasteiger partial charge in [0.2, 0.25) is 0 Å². The molecule has 0 radical (unpaired) electrons. The number of halogens is 1. The summed E-state index contributed by atoms with van der Waals surface area (Å²) < 4.78 is 1.11. The van der Waals surface area contributed by atoms with Gasteiger partial charge in [0, 0.05) is 15.7 Å². The van der Waals surface area contributed by atoms with Crippen LogP contribution in [0.2, 0.25) is 0 Å². The molecule has 0 amide bonds. The van der Waals surface area contributed by atoms with Crippen molar-refractivity contribution in [3.63, 3.8) is 0 Å². The second-order valence-electron chi connectivity index (χ2n) is 4.17. The lowest BCUT2D eigenvalue weighted by atomic mass is 10.2. The molecule has 0 unspecified atom stereocenters. The van der Waals surface area contributed by atoms with Gasteiger partial charge in [0.15, 0.2) is 0 Å². The van der Waals surface area contributed by atoms with Gasteiger partial charge in [-0.1, -0.05) is 58.4 Å². The number of aromatic amines is 1. The summed E-state index contributed by atoms with van der Waals surface area (Å²) in [4.78, 5) is 3.38. The first-order valence-electron chi connectivity index (χ1n) is 5.83. The van der Waals surface area contributed by atoms with Crippen molar-refractivity contribution in [2.75, 3.05) is 0 Å². The Hall–Kier alpha value is -1.80. The smallest absolute Gasteiger partial charge is 0.0458 e. The third-order valence-corrected chi connectivity index (χ3v) is 3.62. The second kappa shape index (κ2) is 4.83. The average Bonchev–Trinajstić information content (AvgIpc) is 2.80. The number of hydrogen-bond acceptors (Lipinski definition) is 0. The Bertz CT molecular complexity index is 677. The Labute approximate surface area is 114 Å². The van der Waals surface area contributed by atoms with E-state index in [4.69, 9.17) is 0 Å². The fourth-order valence-electron chi connectivity index (χ4n) is 1.98. The van der Waals surface area contributed by atoms with Crippen molar-refractivity contribution in [1.82, 2.24) is 4.98 Å². The maximum Gasteiger partial charge on any atom is 0.0458 e. The molecule has 1 heterocycles. The van der Waals surface area contributed by atoms with Crippen molar-refractivity contribution in [1.29, 1.82) is 0 Å². The van der Waals surface area contributed by atoms with Crippen LogP contribution in [0.15, 0.2) is 59.1 Å². The molecule has 0 atom stereocenters. The molecule has 0 bridgehead atoms. The minimum absolute atomic E-state index is 1.11. The predicted molar refractivity (Wildman–Crippen MR) is 81.4 cm³/mol. The number of H-pyrrole nitrogens is 1. The normalized spacial score (nSPS) is 11.4. The molecule has 0 saturated carbocycles. The van der Waals surface area contributed by atoms with Crippen LogP contribution in [-0.2, 0) is 0 Å². The zero-order chi connectivity index (χ0) is 12.4. The van der Waals surface area contributed by atoms with Gasteiger partial charge >= 0.3 is 0 Å². The highest BCUT2D eigenvalue weighted by atomic mass is 79.9. The average molecular weight is 298 g/mol. The minimum Gasteiger partial charge on any atom is -0.355 e. The molecule has 88 valence electrons. The van der Waals surface area contributed by atoms with Crippen molar-refractivity contribution in [3.8, 4) is 0 Å². The summed E-state index contributed by atoms with van der Waals surface area (Å²) in [5, 5.41) is 1.24. The van der Waals surface area contributed by atoms with Gasteiger partial charge in [-0.05, 0) is 35.2 Å². The first-order valence-corrected chi connectivity index (χ1v) is 6.62. The van der Waals surface area contributed by atoms with Crippen LogP contribution >= 0.6 is 15.9 Å². The van der Waals surface area contributed by atoms with E-state index in [1.165, 1.54) is 16.5 Å². The highest BCUT2D eigenvalue weighted by Crippen LogP contribution is 2.20. The second-order valence-corrected chi connectivity index (χ2v) is 5.02. The minimum atomic E-state index is 1.11. The fraction of sp³-hybridized carbons (Fsp3) is 0. The lowest BCUT2D eigenvalue weighted by Crippen LogP contribution is -1.74. The first-order chi connectivity index (χ1) is 8.83. The van der Waals surface area contributed by atoms with E-state index in [2.05, 4.69) is 63.4 Å². The van der Waals surface area contributed by atoms with Crippen LogP contribution in [0.1, 0.15) is 11.3 Å². The molecule has 0 aliphatic carbocycles. The van der Waals surface area contributed by atoms with Crippen LogP contribution in [0.25, 0.3) is 23.1 Å². The lowest BCUT2D eigenvalue weighted by molar-refractivity contribution is 1.43. The third-order valence-electron chi connectivity index (χ3n) is 2.90. The van der Waals surface area contributed by atoms with E-state index >= 15 is 0 Å².